The van der Waals surface area contributed by atoms with Gasteiger partial charge in [0.25, 0.3) is 5.91 Å². The fourth-order valence-electron chi connectivity index (χ4n) is 2.72. The van der Waals surface area contributed by atoms with Gasteiger partial charge in [0.2, 0.25) is 0 Å². The maximum absolute atomic E-state index is 12.5. The number of likely N-dealkylation sites (tertiary alicyclic amines) is 1. The highest BCUT2D eigenvalue weighted by molar-refractivity contribution is 5.99. The van der Waals surface area contributed by atoms with Crippen LogP contribution in [-0.2, 0) is 4.79 Å². The average Bonchev–Trinajstić information content (AvgIpc) is 2.75. The Hall–Kier alpha value is -1.77. The quantitative estimate of drug-likeness (QED) is 0.774. The molecule has 2 aliphatic heterocycles. The number of hydrogen-bond acceptors (Lipinski definition) is 2. The van der Waals surface area contributed by atoms with Crippen LogP contribution in [0.2, 0.25) is 0 Å². The lowest BCUT2D eigenvalue weighted by Crippen LogP contribution is -2.35. The number of amides is 1. The van der Waals surface area contributed by atoms with Crippen molar-refractivity contribution in [3.8, 4) is 5.75 Å². The van der Waals surface area contributed by atoms with Crippen LogP contribution in [0.1, 0.15) is 31.2 Å². The fraction of sp³-hybridized carbons (Fsp3) is 0.438. The number of nitrogens with zero attached hydrogens (tertiary/aromatic N) is 1. The van der Waals surface area contributed by atoms with Crippen molar-refractivity contribution >= 4 is 12.0 Å². The molecule has 0 radical (unpaired) electrons. The number of fused-ring (bicyclic) bond motifs is 1. The number of benzene rings is 1. The Balaban J connectivity index is 1.79. The molecule has 0 N–H and O–H groups in total. The summed E-state index contributed by atoms with van der Waals surface area (Å²) in [6.45, 7) is 2.17. The van der Waals surface area contributed by atoms with Gasteiger partial charge in [-0.3, -0.25) is 4.79 Å². The Morgan fingerprint density at radius 1 is 1.05 bits per heavy atom. The van der Waals surface area contributed by atoms with Gasteiger partial charge >= 0.3 is 0 Å². The maximum Gasteiger partial charge on any atom is 0.253 e. The highest BCUT2D eigenvalue weighted by Crippen LogP contribution is 2.26. The average molecular weight is 257 g/mol. The zero-order valence-electron chi connectivity index (χ0n) is 11.1. The SMILES string of the molecule is O=C(C1=Cc2ccccc2OC1)N1CCCCCC1. The molecule has 1 saturated heterocycles. The summed E-state index contributed by atoms with van der Waals surface area (Å²) >= 11 is 0. The van der Waals surface area contributed by atoms with E-state index >= 15 is 0 Å². The van der Waals surface area contributed by atoms with Crippen molar-refractivity contribution in [2.45, 2.75) is 25.7 Å². The van der Waals surface area contributed by atoms with E-state index in [1.165, 1.54) is 12.8 Å². The summed E-state index contributed by atoms with van der Waals surface area (Å²) in [5.41, 5.74) is 1.78. The van der Waals surface area contributed by atoms with Gasteiger partial charge in [-0.05, 0) is 25.0 Å². The van der Waals surface area contributed by atoms with Crippen LogP contribution in [0.4, 0.5) is 0 Å². The van der Waals surface area contributed by atoms with Crippen LogP contribution in [0.5, 0.6) is 5.75 Å². The first kappa shape index (κ1) is 12.3. The van der Waals surface area contributed by atoms with Crippen molar-refractivity contribution in [2.24, 2.45) is 0 Å². The second-order valence-electron chi connectivity index (χ2n) is 5.20. The van der Waals surface area contributed by atoms with E-state index in [9.17, 15) is 4.79 Å². The molecule has 3 nitrogen and oxygen atoms in total. The second-order valence-corrected chi connectivity index (χ2v) is 5.20. The first-order valence-corrected chi connectivity index (χ1v) is 7.06. The van der Waals surface area contributed by atoms with E-state index in [4.69, 9.17) is 4.74 Å². The normalized spacial score (nSPS) is 18.9. The smallest absolute Gasteiger partial charge is 0.253 e. The molecule has 100 valence electrons. The molecule has 3 heteroatoms. The molecule has 19 heavy (non-hydrogen) atoms. The Morgan fingerprint density at radius 3 is 2.58 bits per heavy atom. The fourth-order valence-corrected chi connectivity index (χ4v) is 2.72. The highest BCUT2D eigenvalue weighted by atomic mass is 16.5. The van der Waals surface area contributed by atoms with Crippen LogP contribution in [-0.4, -0.2) is 30.5 Å². The molecule has 2 heterocycles. The van der Waals surface area contributed by atoms with Crippen molar-refractivity contribution < 1.29 is 9.53 Å². The van der Waals surface area contributed by atoms with E-state index in [1.54, 1.807) is 0 Å². The summed E-state index contributed by atoms with van der Waals surface area (Å²) in [4.78, 5) is 14.5. The van der Waals surface area contributed by atoms with Crippen LogP contribution in [0.15, 0.2) is 29.8 Å². The van der Waals surface area contributed by atoms with Crippen LogP contribution in [0.25, 0.3) is 6.08 Å². The van der Waals surface area contributed by atoms with Gasteiger partial charge in [-0.1, -0.05) is 31.0 Å². The number of rotatable bonds is 1. The van der Waals surface area contributed by atoms with Gasteiger partial charge in [-0.25, -0.2) is 0 Å². The largest absolute Gasteiger partial charge is 0.488 e. The molecule has 1 aromatic rings. The molecular formula is C16H19NO2. The number of para-hydroxylation sites is 1. The summed E-state index contributed by atoms with van der Waals surface area (Å²) in [5, 5.41) is 0. The van der Waals surface area contributed by atoms with Gasteiger partial charge < -0.3 is 9.64 Å². The molecule has 1 aromatic carbocycles. The topological polar surface area (TPSA) is 29.5 Å². The molecule has 2 aliphatic rings. The lowest BCUT2D eigenvalue weighted by molar-refractivity contribution is -0.127. The zero-order chi connectivity index (χ0) is 13.1. The van der Waals surface area contributed by atoms with Crippen LogP contribution in [0, 0.1) is 0 Å². The molecule has 1 amide bonds. The second kappa shape index (κ2) is 5.47. The summed E-state index contributed by atoms with van der Waals surface area (Å²) in [5.74, 6) is 1.02. The van der Waals surface area contributed by atoms with Gasteiger partial charge in [0.05, 0.1) is 5.57 Å². The molecule has 0 aliphatic carbocycles. The summed E-state index contributed by atoms with van der Waals surface area (Å²) in [6.07, 6.45) is 6.70. The van der Waals surface area contributed by atoms with Crippen LogP contribution >= 0.6 is 0 Å². The molecule has 0 bridgehead atoms. The van der Waals surface area contributed by atoms with Gasteiger partial charge in [0, 0.05) is 18.7 Å². The minimum atomic E-state index is 0.149. The first-order chi connectivity index (χ1) is 9.34. The van der Waals surface area contributed by atoms with E-state index in [0.717, 1.165) is 42.8 Å². The lowest BCUT2D eigenvalue weighted by Gasteiger charge is -2.24. The third-order valence-electron chi connectivity index (χ3n) is 3.80. The Labute approximate surface area is 113 Å². The van der Waals surface area contributed by atoms with Crippen molar-refractivity contribution in [1.82, 2.24) is 4.90 Å². The van der Waals surface area contributed by atoms with E-state index in [1.807, 2.05) is 35.2 Å². The van der Waals surface area contributed by atoms with Crippen molar-refractivity contribution in [2.75, 3.05) is 19.7 Å². The third kappa shape index (κ3) is 2.65. The van der Waals surface area contributed by atoms with Crippen LogP contribution in [0.3, 0.4) is 0 Å². The molecule has 0 unspecified atom stereocenters. The summed E-state index contributed by atoms with van der Waals surface area (Å²) in [7, 11) is 0. The zero-order valence-corrected chi connectivity index (χ0v) is 11.1. The standard InChI is InChI=1S/C16H19NO2/c18-16(17-9-5-1-2-6-10-17)14-11-13-7-3-4-8-15(13)19-12-14/h3-4,7-8,11H,1-2,5-6,9-10,12H2. The maximum atomic E-state index is 12.5. The van der Waals surface area contributed by atoms with Crippen molar-refractivity contribution in [1.29, 1.82) is 0 Å². The van der Waals surface area contributed by atoms with Crippen molar-refractivity contribution in [3.63, 3.8) is 0 Å². The number of ether oxygens (including phenoxy) is 1. The predicted octanol–water partition coefficient (Wildman–Crippen LogP) is 2.87. The van der Waals surface area contributed by atoms with E-state index < -0.39 is 0 Å². The highest BCUT2D eigenvalue weighted by Gasteiger charge is 2.22. The summed E-state index contributed by atoms with van der Waals surface area (Å²) in [6, 6.07) is 7.86. The molecule has 0 aromatic heterocycles. The predicted molar refractivity (Wildman–Crippen MR) is 75.0 cm³/mol. The van der Waals surface area contributed by atoms with E-state index in [2.05, 4.69) is 0 Å². The Bertz CT molecular complexity index is 499. The van der Waals surface area contributed by atoms with Gasteiger partial charge in [0.15, 0.2) is 0 Å². The molecular weight excluding hydrogens is 238 g/mol. The summed E-state index contributed by atoms with van der Waals surface area (Å²) < 4.78 is 5.66. The third-order valence-corrected chi connectivity index (χ3v) is 3.80. The number of carbonyl (C=O) groups excluding carboxylic acids is 1. The lowest BCUT2D eigenvalue weighted by atomic mass is 10.1. The monoisotopic (exact) mass is 257 g/mol. The molecule has 1 fully saturated rings. The number of carbonyl (C=O) groups is 1. The van der Waals surface area contributed by atoms with Gasteiger partial charge in [0.1, 0.15) is 12.4 Å². The Morgan fingerprint density at radius 2 is 1.79 bits per heavy atom. The van der Waals surface area contributed by atoms with Crippen LogP contribution < -0.4 is 4.74 Å². The van der Waals surface area contributed by atoms with E-state index in [-0.39, 0.29) is 5.91 Å². The number of hydrogen-bond donors (Lipinski definition) is 0. The minimum absolute atomic E-state index is 0.149. The molecule has 3 rings (SSSR count). The van der Waals surface area contributed by atoms with Crippen molar-refractivity contribution in [3.05, 3.63) is 35.4 Å². The first-order valence-electron chi connectivity index (χ1n) is 7.06. The van der Waals surface area contributed by atoms with Gasteiger partial charge in [-0.2, -0.15) is 0 Å². The Kier molecular flexibility index (Phi) is 3.53. The molecule has 0 atom stereocenters. The van der Waals surface area contributed by atoms with E-state index in [0.29, 0.717) is 6.61 Å². The molecule has 0 spiro atoms. The van der Waals surface area contributed by atoms with Gasteiger partial charge in [-0.15, -0.1) is 0 Å². The minimum Gasteiger partial charge on any atom is -0.488 e. The molecule has 0 saturated carbocycles.